The summed E-state index contributed by atoms with van der Waals surface area (Å²) in [6.07, 6.45) is 0. The second-order valence-corrected chi connectivity index (χ2v) is 5.91. The minimum Gasteiger partial charge on any atom is -0.416 e. The highest BCUT2D eigenvalue weighted by molar-refractivity contribution is 6.68. The number of hydrogen-bond donors (Lipinski definition) is 0. The molecule has 0 amide bonds. The molecule has 0 bridgehead atoms. The van der Waals surface area contributed by atoms with Gasteiger partial charge < -0.3 is 4.43 Å². The zero-order chi connectivity index (χ0) is 10.7. The predicted octanol–water partition coefficient (Wildman–Crippen LogP) is 2.44. The van der Waals surface area contributed by atoms with Crippen LogP contribution in [0.3, 0.4) is 0 Å². The molecular formula is C13H16OSi. The highest BCUT2D eigenvalue weighted by atomic mass is 28.3. The maximum atomic E-state index is 5.77. The Morgan fingerprint density at radius 2 is 1.80 bits per heavy atom. The Balaban J connectivity index is 2.50. The Hall–Kier alpha value is -1.12. The highest BCUT2D eigenvalue weighted by Crippen LogP contribution is 2.11. The van der Waals surface area contributed by atoms with Gasteiger partial charge in [0.05, 0.1) is 0 Å². The van der Waals surface area contributed by atoms with Crippen LogP contribution in [0.25, 0.3) is 10.8 Å². The second-order valence-electron chi connectivity index (χ2n) is 3.67. The smallest absolute Gasteiger partial charge is 0.205 e. The van der Waals surface area contributed by atoms with Crippen molar-refractivity contribution in [2.24, 2.45) is 0 Å². The van der Waals surface area contributed by atoms with E-state index >= 15 is 0 Å². The third kappa shape index (κ3) is 2.11. The predicted molar refractivity (Wildman–Crippen MR) is 68.2 cm³/mol. The summed E-state index contributed by atoms with van der Waals surface area (Å²) >= 11 is 0. The maximum absolute atomic E-state index is 5.77. The fourth-order valence-corrected chi connectivity index (χ4v) is 3.71. The summed E-state index contributed by atoms with van der Waals surface area (Å²) in [6.45, 7) is 5.12. The first-order valence-electron chi connectivity index (χ1n) is 5.42. The molecule has 0 saturated heterocycles. The zero-order valence-electron chi connectivity index (χ0n) is 9.23. The molecule has 15 heavy (non-hydrogen) atoms. The third-order valence-corrected chi connectivity index (χ3v) is 4.89. The van der Waals surface area contributed by atoms with Crippen LogP contribution >= 0.6 is 0 Å². The molecule has 0 aliphatic rings. The summed E-state index contributed by atoms with van der Waals surface area (Å²) in [5.74, 6) is 0. The topological polar surface area (TPSA) is 9.23 Å². The molecule has 2 rings (SSSR count). The molecule has 0 aliphatic heterocycles. The van der Waals surface area contributed by atoms with E-state index in [-0.39, 0.29) is 0 Å². The van der Waals surface area contributed by atoms with E-state index in [1.54, 1.807) is 0 Å². The van der Waals surface area contributed by atoms with Crippen molar-refractivity contribution in [3.63, 3.8) is 0 Å². The first-order valence-corrected chi connectivity index (χ1v) is 7.62. The molecule has 2 heteroatoms. The zero-order valence-corrected chi connectivity index (χ0v) is 10.4. The average Bonchev–Trinajstić information content (AvgIpc) is 2.28. The lowest BCUT2D eigenvalue weighted by atomic mass is 10.1. The van der Waals surface area contributed by atoms with Crippen molar-refractivity contribution >= 4 is 25.0 Å². The lowest BCUT2D eigenvalue weighted by molar-refractivity contribution is 0.354. The maximum Gasteiger partial charge on any atom is 0.205 e. The van der Waals surface area contributed by atoms with Gasteiger partial charge in [-0.15, -0.1) is 0 Å². The van der Waals surface area contributed by atoms with E-state index in [0.29, 0.717) is 0 Å². The van der Waals surface area contributed by atoms with E-state index in [1.165, 1.54) is 16.0 Å². The Kier molecular flexibility index (Phi) is 3.19. The van der Waals surface area contributed by atoms with Crippen LogP contribution in [-0.4, -0.2) is 15.6 Å². The molecule has 78 valence electrons. The summed E-state index contributed by atoms with van der Waals surface area (Å²) < 4.78 is 5.77. The minimum absolute atomic E-state index is 0.816. The average molecular weight is 216 g/mol. The molecule has 2 aromatic rings. The molecule has 0 spiro atoms. The SMILES string of the molecule is CCO[SiH](C)c1cccc2ccccc12. The standard InChI is InChI=1S/C13H16OSi/c1-3-14-15(2)13-10-6-8-11-7-4-5-9-12(11)13/h4-10,15H,3H2,1-2H3. The van der Waals surface area contributed by atoms with Crippen LogP contribution in [0.5, 0.6) is 0 Å². The summed E-state index contributed by atoms with van der Waals surface area (Å²) in [4.78, 5) is 0. The molecule has 1 atom stereocenters. The quantitative estimate of drug-likeness (QED) is 0.716. The van der Waals surface area contributed by atoms with Crippen molar-refractivity contribution in [1.29, 1.82) is 0 Å². The fourth-order valence-electron chi connectivity index (χ4n) is 1.94. The van der Waals surface area contributed by atoms with Gasteiger partial charge in [-0.05, 0) is 29.4 Å². The largest absolute Gasteiger partial charge is 0.416 e. The molecule has 0 aliphatic carbocycles. The van der Waals surface area contributed by atoms with Gasteiger partial charge in [-0.3, -0.25) is 0 Å². The Bertz CT molecular complexity index is 448. The Morgan fingerprint density at radius 1 is 1.07 bits per heavy atom. The van der Waals surface area contributed by atoms with Crippen molar-refractivity contribution in [3.05, 3.63) is 42.5 Å². The molecule has 0 radical (unpaired) electrons. The summed E-state index contributed by atoms with van der Waals surface area (Å²) in [5.41, 5.74) is 0. The molecular weight excluding hydrogens is 200 g/mol. The highest BCUT2D eigenvalue weighted by Gasteiger charge is 2.10. The summed E-state index contributed by atoms with van der Waals surface area (Å²) in [7, 11) is -1.21. The van der Waals surface area contributed by atoms with Gasteiger partial charge in [0, 0.05) is 6.61 Å². The molecule has 1 unspecified atom stereocenters. The van der Waals surface area contributed by atoms with E-state index in [9.17, 15) is 0 Å². The molecule has 0 saturated carbocycles. The molecule has 2 aromatic carbocycles. The van der Waals surface area contributed by atoms with E-state index in [0.717, 1.165) is 6.61 Å². The Morgan fingerprint density at radius 3 is 2.60 bits per heavy atom. The summed E-state index contributed by atoms with van der Waals surface area (Å²) in [5, 5.41) is 4.08. The van der Waals surface area contributed by atoms with E-state index in [4.69, 9.17) is 4.43 Å². The van der Waals surface area contributed by atoms with Crippen molar-refractivity contribution in [2.75, 3.05) is 6.61 Å². The van der Waals surface area contributed by atoms with Gasteiger partial charge in [0.2, 0.25) is 9.04 Å². The van der Waals surface area contributed by atoms with Crippen LogP contribution in [0.2, 0.25) is 6.55 Å². The third-order valence-electron chi connectivity index (χ3n) is 2.68. The van der Waals surface area contributed by atoms with Crippen molar-refractivity contribution < 1.29 is 4.43 Å². The lowest BCUT2D eigenvalue weighted by Crippen LogP contribution is -2.30. The normalized spacial score (nSPS) is 12.9. The first kappa shape index (κ1) is 10.4. The molecule has 0 heterocycles. The first-order chi connectivity index (χ1) is 7.33. The lowest BCUT2D eigenvalue weighted by Gasteiger charge is -2.12. The summed E-state index contributed by atoms with van der Waals surface area (Å²) in [6, 6.07) is 15.0. The van der Waals surface area contributed by atoms with Gasteiger partial charge in [0.15, 0.2) is 0 Å². The molecule has 1 nitrogen and oxygen atoms in total. The number of fused-ring (bicyclic) bond motifs is 1. The second kappa shape index (κ2) is 4.60. The van der Waals surface area contributed by atoms with Gasteiger partial charge in [-0.1, -0.05) is 42.5 Å². The number of hydrogen-bond acceptors (Lipinski definition) is 1. The fraction of sp³-hybridized carbons (Fsp3) is 0.231. The van der Waals surface area contributed by atoms with Crippen LogP contribution < -0.4 is 5.19 Å². The van der Waals surface area contributed by atoms with Gasteiger partial charge in [-0.2, -0.15) is 0 Å². The van der Waals surface area contributed by atoms with Crippen LogP contribution in [0.4, 0.5) is 0 Å². The molecule has 0 N–H and O–H groups in total. The number of rotatable bonds is 3. The van der Waals surface area contributed by atoms with E-state index in [2.05, 4.69) is 55.9 Å². The number of benzene rings is 2. The molecule has 0 fully saturated rings. The van der Waals surface area contributed by atoms with Crippen molar-refractivity contribution in [2.45, 2.75) is 13.5 Å². The minimum atomic E-state index is -1.21. The van der Waals surface area contributed by atoms with E-state index < -0.39 is 9.04 Å². The van der Waals surface area contributed by atoms with Crippen LogP contribution in [0.1, 0.15) is 6.92 Å². The van der Waals surface area contributed by atoms with Crippen LogP contribution in [0.15, 0.2) is 42.5 Å². The van der Waals surface area contributed by atoms with Crippen molar-refractivity contribution in [1.82, 2.24) is 0 Å². The monoisotopic (exact) mass is 216 g/mol. The van der Waals surface area contributed by atoms with E-state index in [1.807, 2.05) is 0 Å². The van der Waals surface area contributed by atoms with Gasteiger partial charge >= 0.3 is 0 Å². The van der Waals surface area contributed by atoms with Gasteiger partial charge in [-0.25, -0.2) is 0 Å². The van der Waals surface area contributed by atoms with Crippen molar-refractivity contribution in [3.8, 4) is 0 Å². The van der Waals surface area contributed by atoms with Crippen LogP contribution in [-0.2, 0) is 4.43 Å². The Labute approximate surface area is 92.4 Å². The van der Waals surface area contributed by atoms with Gasteiger partial charge in [0.25, 0.3) is 0 Å². The van der Waals surface area contributed by atoms with Crippen LogP contribution in [0, 0.1) is 0 Å². The molecule has 0 aromatic heterocycles. The van der Waals surface area contributed by atoms with Gasteiger partial charge in [0.1, 0.15) is 0 Å².